The molecule has 1 rings (SSSR count). The van der Waals surface area contributed by atoms with Crippen molar-refractivity contribution in [2.75, 3.05) is 39.0 Å². The lowest BCUT2D eigenvalue weighted by atomic mass is 9.86. The van der Waals surface area contributed by atoms with Crippen LogP contribution in [0, 0.1) is 5.92 Å². The highest BCUT2D eigenvalue weighted by Gasteiger charge is 2.20. The third-order valence-corrected chi connectivity index (χ3v) is 5.37. The maximum absolute atomic E-state index is 11.9. The Bertz CT molecular complexity index is 583. The van der Waals surface area contributed by atoms with Gasteiger partial charge in [0.05, 0.1) is 5.75 Å². The van der Waals surface area contributed by atoms with Crippen LogP contribution in [0.4, 0.5) is 4.79 Å². The van der Waals surface area contributed by atoms with E-state index < -0.39 is 21.7 Å². The van der Waals surface area contributed by atoms with E-state index in [1.165, 1.54) is 6.42 Å². The molecule has 0 spiro atoms. The van der Waals surface area contributed by atoms with Gasteiger partial charge in [0, 0.05) is 33.2 Å². The summed E-state index contributed by atoms with van der Waals surface area (Å²) in [6, 6.07) is 0. The molecule has 9 nitrogen and oxygen atoms in total. The van der Waals surface area contributed by atoms with E-state index >= 15 is 0 Å². The molecule has 0 bridgehead atoms. The van der Waals surface area contributed by atoms with Crippen LogP contribution in [-0.2, 0) is 14.8 Å². The zero-order chi connectivity index (χ0) is 20.3. The Morgan fingerprint density at radius 2 is 1.74 bits per heavy atom. The molecule has 1 amide bonds. The quantitative estimate of drug-likeness (QED) is 0.242. The normalized spacial score (nSPS) is 15.8. The summed E-state index contributed by atoms with van der Waals surface area (Å²) in [4.78, 5) is 15.6. The van der Waals surface area contributed by atoms with Crippen molar-refractivity contribution in [3.8, 4) is 0 Å². The molecular formula is C17H35N5O4S. The number of hydrogen-bond acceptors (Lipinski definition) is 5. The van der Waals surface area contributed by atoms with Crippen LogP contribution in [0.5, 0.6) is 0 Å². The van der Waals surface area contributed by atoms with E-state index in [9.17, 15) is 13.2 Å². The summed E-state index contributed by atoms with van der Waals surface area (Å²) in [5, 5.41) is 8.73. The molecule has 0 unspecified atom stereocenters. The van der Waals surface area contributed by atoms with Crippen LogP contribution >= 0.6 is 0 Å². The van der Waals surface area contributed by atoms with E-state index in [1.54, 1.807) is 7.05 Å². The van der Waals surface area contributed by atoms with Gasteiger partial charge in [-0.25, -0.2) is 17.9 Å². The first-order valence-electron chi connectivity index (χ1n) is 9.50. The summed E-state index contributed by atoms with van der Waals surface area (Å²) in [6.07, 6.45) is 3.66. The highest BCUT2D eigenvalue weighted by Crippen LogP contribution is 2.25. The first kappa shape index (κ1) is 23.5. The largest absolute Gasteiger partial charge is 0.444 e. The SMILES string of the molecule is CN=C(NCCCNC(=O)OC(C)(C)C)NCCS(=O)(=O)NCC1CCC1. The van der Waals surface area contributed by atoms with Crippen molar-refractivity contribution in [3.63, 3.8) is 0 Å². The predicted molar refractivity (Wildman–Crippen MR) is 107 cm³/mol. The predicted octanol–water partition coefficient (Wildman–Crippen LogP) is 0.786. The average molecular weight is 406 g/mol. The van der Waals surface area contributed by atoms with Crippen LogP contribution in [-0.4, -0.2) is 65.1 Å². The van der Waals surface area contributed by atoms with Gasteiger partial charge in [-0.05, 0) is 46.0 Å². The lowest BCUT2D eigenvalue weighted by molar-refractivity contribution is 0.0527. The fourth-order valence-electron chi connectivity index (χ4n) is 2.34. The van der Waals surface area contributed by atoms with Crippen molar-refractivity contribution in [2.24, 2.45) is 10.9 Å². The molecule has 0 aromatic rings. The Balaban J connectivity index is 2.11. The van der Waals surface area contributed by atoms with E-state index in [0.717, 1.165) is 12.8 Å². The number of sulfonamides is 1. The number of carbonyl (C=O) groups is 1. The monoisotopic (exact) mass is 405 g/mol. The zero-order valence-corrected chi connectivity index (χ0v) is 17.7. The maximum atomic E-state index is 11.9. The molecule has 158 valence electrons. The summed E-state index contributed by atoms with van der Waals surface area (Å²) < 4.78 is 31.7. The van der Waals surface area contributed by atoms with Crippen LogP contribution in [0.25, 0.3) is 0 Å². The van der Waals surface area contributed by atoms with Crippen LogP contribution in [0.1, 0.15) is 46.5 Å². The molecule has 0 heterocycles. The highest BCUT2D eigenvalue weighted by atomic mass is 32.2. The molecule has 0 aromatic carbocycles. The highest BCUT2D eigenvalue weighted by molar-refractivity contribution is 7.89. The number of nitrogens with zero attached hydrogens (tertiary/aromatic N) is 1. The minimum Gasteiger partial charge on any atom is -0.444 e. The number of alkyl carbamates (subject to hydrolysis) is 1. The Hall–Kier alpha value is -1.55. The second-order valence-corrected chi connectivity index (χ2v) is 9.60. The van der Waals surface area contributed by atoms with E-state index in [1.807, 2.05) is 20.8 Å². The summed E-state index contributed by atoms with van der Waals surface area (Å²) >= 11 is 0. The molecule has 0 saturated heterocycles. The molecule has 0 radical (unpaired) electrons. The number of ether oxygens (including phenoxy) is 1. The number of amides is 1. The Labute approximate surface area is 163 Å². The smallest absolute Gasteiger partial charge is 0.407 e. The van der Waals surface area contributed by atoms with Gasteiger partial charge in [0.1, 0.15) is 5.60 Å². The molecule has 1 fully saturated rings. The van der Waals surface area contributed by atoms with Gasteiger partial charge >= 0.3 is 6.09 Å². The number of guanidine groups is 1. The summed E-state index contributed by atoms with van der Waals surface area (Å²) in [7, 11) is -1.64. The van der Waals surface area contributed by atoms with E-state index in [4.69, 9.17) is 4.74 Å². The number of carbonyl (C=O) groups excluding carboxylic acids is 1. The van der Waals surface area contributed by atoms with Crippen LogP contribution in [0.2, 0.25) is 0 Å². The minimum absolute atomic E-state index is 0.000615. The fourth-order valence-corrected chi connectivity index (χ4v) is 3.34. The van der Waals surface area contributed by atoms with Gasteiger partial charge in [-0.1, -0.05) is 6.42 Å². The van der Waals surface area contributed by atoms with Crippen LogP contribution in [0.3, 0.4) is 0 Å². The van der Waals surface area contributed by atoms with Crippen molar-refractivity contribution in [3.05, 3.63) is 0 Å². The summed E-state index contributed by atoms with van der Waals surface area (Å²) in [5.74, 6) is 1.03. The summed E-state index contributed by atoms with van der Waals surface area (Å²) in [5.41, 5.74) is -0.513. The average Bonchev–Trinajstić information content (AvgIpc) is 2.49. The van der Waals surface area contributed by atoms with Crippen molar-refractivity contribution < 1.29 is 17.9 Å². The Morgan fingerprint density at radius 1 is 1.11 bits per heavy atom. The zero-order valence-electron chi connectivity index (χ0n) is 16.9. The van der Waals surface area contributed by atoms with Gasteiger partial charge in [-0.2, -0.15) is 0 Å². The van der Waals surface area contributed by atoms with Gasteiger partial charge < -0.3 is 20.7 Å². The lowest BCUT2D eigenvalue weighted by Gasteiger charge is -2.25. The fraction of sp³-hybridized carbons (Fsp3) is 0.882. The standard InChI is InChI=1S/C17H35N5O4S/c1-17(2,3)26-16(23)21-10-6-9-19-15(18-4)20-11-12-27(24,25)22-13-14-7-5-8-14/h14,22H,5-13H2,1-4H3,(H,21,23)(H2,18,19,20). The maximum Gasteiger partial charge on any atom is 0.407 e. The third-order valence-electron chi connectivity index (χ3n) is 4.02. The van der Waals surface area contributed by atoms with Gasteiger partial charge in [0.15, 0.2) is 5.96 Å². The number of rotatable bonds is 10. The van der Waals surface area contributed by atoms with Crippen molar-refractivity contribution in [1.82, 2.24) is 20.7 Å². The first-order valence-corrected chi connectivity index (χ1v) is 11.2. The molecule has 1 saturated carbocycles. The van der Waals surface area contributed by atoms with Crippen LogP contribution in [0.15, 0.2) is 4.99 Å². The van der Waals surface area contributed by atoms with Gasteiger partial charge in [0.2, 0.25) is 10.0 Å². The molecular weight excluding hydrogens is 370 g/mol. The Morgan fingerprint density at radius 3 is 2.30 bits per heavy atom. The number of nitrogens with one attached hydrogen (secondary N) is 4. The van der Waals surface area contributed by atoms with E-state index in [0.29, 0.717) is 37.9 Å². The van der Waals surface area contributed by atoms with Crippen molar-refractivity contribution >= 4 is 22.1 Å². The van der Waals surface area contributed by atoms with E-state index in [-0.39, 0.29) is 12.3 Å². The van der Waals surface area contributed by atoms with Crippen molar-refractivity contribution in [2.45, 2.75) is 52.1 Å². The molecule has 4 N–H and O–H groups in total. The molecule has 1 aliphatic carbocycles. The van der Waals surface area contributed by atoms with Gasteiger partial charge in [-0.3, -0.25) is 4.99 Å². The molecule has 0 aromatic heterocycles. The Kier molecular flexibility index (Phi) is 9.86. The van der Waals surface area contributed by atoms with Crippen molar-refractivity contribution in [1.29, 1.82) is 0 Å². The van der Waals surface area contributed by atoms with Crippen LogP contribution < -0.4 is 20.7 Å². The number of aliphatic imine (C=N–C) groups is 1. The molecule has 1 aliphatic rings. The second-order valence-electron chi connectivity index (χ2n) is 7.67. The molecule has 0 atom stereocenters. The topological polar surface area (TPSA) is 121 Å². The molecule has 10 heteroatoms. The molecule has 27 heavy (non-hydrogen) atoms. The van der Waals surface area contributed by atoms with Gasteiger partial charge in [0.25, 0.3) is 0 Å². The van der Waals surface area contributed by atoms with Gasteiger partial charge in [-0.15, -0.1) is 0 Å². The number of hydrogen-bond donors (Lipinski definition) is 4. The molecule has 0 aliphatic heterocycles. The minimum atomic E-state index is -3.27. The lowest BCUT2D eigenvalue weighted by Crippen LogP contribution is -2.42. The third kappa shape index (κ3) is 11.7. The summed E-state index contributed by atoms with van der Waals surface area (Å²) in [6.45, 7) is 7.31. The van der Waals surface area contributed by atoms with E-state index in [2.05, 4.69) is 25.7 Å². The first-order chi connectivity index (χ1) is 12.6. The second kappa shape index (κ2) is 11.3.